The van der Waals surface area contributed by atoms with E-state index in [0.717, 1.165) is 0 Å². The first-order valence-electron chi connectivity index (χ1n) is 5.07. The van der Waals surface area contributed by atoms with Crippen molar-refractivity contribution < 1.29 is 17.6 Å². The Labute approximate surface area is 117 Å². The van der Waals surface area contributed by atoms with Crippen LogP contribution in [-0.2, 0) is 13.8 Å². The number of nitrogens with zero attached hydrogens (tertiary/aromatic N) is 1. The Morgan fingerprint density at radius 3 is 2.68 bits per heavy atom. The molecule has 6 nitrogen and oxygen atoms in total. The highest BCUT2D eigenvalue weighted by Crippen LogP contribution is 2.35. The van der Waals surface area contributed by atoms with Crippen LogP contribution in [0.15, 0.2) is 21.6 Å². The molecule has 19 heavy (non-hydrogen) atoms. The molecule has 0 unspecified atom stereocenters. The van der Waals surface area contributed by atoms with Gasteiger partial charge in [0.05, 0.1) is 10.6 Å². The number of thiazole rings is 1. The second-order valence-electron chi connectivity index (χ2n) is 3.67. The van der Waals surface area contributed by atoms with Gasteiger partial charge in [-0.15, -0.1) is 0 Å². The number of rotatable bonds is 3. The number of hydrogen-bond acceptors (Lipinski definition) is 6. The van der Waals surface area contributed by atoms with Crippen molar-refractivity contribution in [2.75, 3.05) is 5.32 Å². The molecule has 2 heterocycles. The van der Waals surface area contributed by atoms with Gasteiger partial charge in [-0.05, 0) is 19.1 Å². The maximum Gasteiger partial charge on any atom is 0.294 e. The summed E-state index contributed by atoms with van der Waals surface area (Å²) in [5.74, 6) is 0.106. The number of hydrogen-bond donors (Lipinski definition) is 1. The minimum absolute atomic E-state index is 0.233. The van der Waals surface area contributed by atoms with E-state index in [1.54, 1.807) is 6.92 Å². The SMILES string of the molecule is CC(=O)Nc1nc(C)c(-c2ccc(S(=O)(=O)Cl)o2)s1. The molecule has 0 aliphatic carbocycles. The van der Waals surface area contributed by atoms with Gasteiger partial charge in [0.25, 0.3) is 9.05 Å². The first-order valence-corrected chi connectivity index (χ1v) is 8.20. The Morgan fingerprint density at radius 1 is 1.47 bits per heavy atom. The maximum absolute atomic E-state index is 11.1. The molecule has 0 aliphatic heterocycles. The molecule has 0 aromatic carbocycles. The topological polar surface area (TPSA) is 89.3 Å². The molecule has 0 bridgehead atoms. The van der Waals surface area contributed by atoms with Crippen LogP contribution in [0.2, 0.25) is 0 Å². The number of furan rings is 1. The zero-order valence-electron chi connectivity index (χ0n) is 9.93. The Bertz CT molecular complexity index is 733. The number of carbonyl (C=O) groups is 1. The summed E-state index contributed by atoms with van der Waals surface area (Å²) in [5.41, 5.74) is 0.627. The predicted molar refractivity (Wildman–Crippen MR) is 71.9 cm³/mol. The van der Waals surface area contributed by atoms with E-state index in [9.17, 15) is 13.2 Å². The van der Waals surface area contributed by atoms with Crippen LogP contribution in [0.5, 0.6) is 0 Å². The van der Waals surface area contributed by atoms with Gasteiger partial charge in [0.1, 0.15) is 5.76 Å². The fourth-order valence-corrected chi connectivity index (χ4v) is 3.05. The lowest BCUT2D eigenvalue weighted by Crippen LogP contribution is -2.04. The van der Waals surface area contributed by atoms with Crippen LogP contribution in [0.3, 0.4) is 0 Å². The van der Waals surface area contributed by atoms with E-state index in [0.29, 0.717) is 21.5 Å². The van der Waals surface area contributed by atoms with Gasteiger partial charge in [0, 0.05) is 17.6 Å². The highest BCUT2D eigenvalue weighted by molar-refractivity contribution is 8.13. The van der Waals surface area contributed by atoms with Crippen molar-refractivity contribution in [3.05, 3.63) is 17.8 Å². The van der Waals surface area contributed by atoms with E-state index in [1.165, 1.54) is 30.4 Å². The molecule has 2 aromatic heterocycles. The average Bonchev–Trinajstić information content (AvgIpc) is 2.82. The average molecular weight is 321 g/mol. The lowest BCUT2D eigenvalue weighted by atomic mass is 10.3. The molecule has 0 spiro atoms. The third-order valence-electron chi connectivity index (χ3n) is 2.12. The van der Waals surface area contributed by atoms with E-state index in [1.807, 2.05) is 0 Å². The van der Waals surface area contributed by atoms with Crippen LogP contribution in [-0.4, -0.2) is 19.3 Å². The quantitative estimate of drug-likeness (QED) is 0.878. The first kappa shape index (κ1) is 14.0. The second kappa shape index (κ2) is 4.95. The van der Waals surface area contributed by atoms with Gasteiger partial charge < -0.3 is 9.73 Å². The van der Waals surface area contributed by atoms with Crippen molar-refractivity contribution in [1.82, 2.24) is 4.98 Å². The Kier molecular flexibility index (Phi) is 3.66. The number of carbonyl (C=O) groups excluding carboxylic acids is 1. The number of aromatic nitrogens is 1. The molecule has 102 valence electrons. The molecule has 2 rings (SSSR count). The molecule has 0 fully saturated rings. The van der Waals surface area contributed by atoms with E-state index in [2.05, 4.69) is 10.3 Å². The van der Waals surface area contributed by atoms with Crippen LogP contribution < -0.4 is 5.32 Å². The molecule has 9 heteroatoms. The van der Waals surface area contributed by atoms with Crippen molar-refractivity contribution in [1.29, 1.82) is 0 Å². The van der Waals surface area contributed by atoms with E-state index in [4.69, 9.17) is 15.1 Å². The molecular weight excluding hydrogens is 312 g/mol. The normalized spacial score (nSPS) is 11.5. The summed E-state index contributed by atoms with van der Waals surface area (Å²) in [6.45, 7) is 3.11. The second-order valence-corrected chi connectivity index (χ2v) is 7.17. The summed E-state index contributed by atoms with van der Waals surface area (Å²) < 4.78 is 27.4. The van der Waals surface area contributed by atoms with Crippen LogP contribution in [0.25, 0.3) is 10.6 Å². The zero-order chi connectivity index (χ0) is 14.2. The van der Waals surface area contributed by atoms with E-state index >= 15 is 0 Å². The van der Waals surface area contributed by atoms with Crippen LogP contribution in [0.4, 0.5) is 5.13 Å². The third-order valence-corrected chi connectivity index (χ3v) is 4.37. The molecular formula is C10H9ClN2O4S2. The van der Waals surface area contributed by atoms with Gasteiger partial charge in [0.2, 0.25) is 11.0 Å². The number of halogens is 1. The lowest BCUT2D eigenvalue weighted by Gasteiger charge is -1.93. The minimum atomic E-state index is -3.89. The molecule has 0 saturated heterocycles. The van der Waals surface area contributed by atoms with E-state index < -0.39 is 9.05 Å². The van der Waals surface area contributed by atoms with Crippen molar-refractivity contribution in [2.24, 2.45) is 0 Å². The largest absolute Gasteiger partial charge is 0.442 e. The first-order chi connectivity index (χ1) is 8.77. The van der Waals surface area contributed by atoms with Crippen LogP contribution in [0, 0.1) is 6.92 Å². The summed E-state index contributed by atoms with van der Waals surface area (Å²) >= 11 is 1.19. The lowest BCUT2D eigenvalue weighted by molar-refractivity contribution is -0.114. The summed E-state index contributed by atoms with van der Waals surface area (Å²) in [6.07, 6.45) is 0. The molecule has 0 atom stereocenters. The molecule has 1 N–H and O–H groups in total. The summed E-state index contributed by atoms with van der Waals surface area (Å²) in [4.78, 5) is 15.7. The monoisotopic (exact) mass is 320 g/mol. The van der Waals surface area contributed by atoms with Crippen molar-refractivity contribution in [3.8, 4) is 10.6 Å². The Balaban J connectivity index is 2.39. The summed E-state index contributed by atoms with van der Waals surface area (Å²) in [6, 6.07) is 2.77. The zero-order valence-corrected chi connectivity index (χ0v) is 12.3. The summed E-state index contributed by atoms with van der Waals surface area (Å²) in [5, 5.41) is 2.66. The number of amides is 1. The fraction of sp³-hybridized carbons (Fsp3) is 0.200. The van der Waals surface area contributed by atoms with Gasteiger partial charge in [-0.25, -0.2) is 13.4 Å². The van der Waals surface area contributed by atoms with Gasteiger partial charge in [-0.3, -0.25) is 4.79 Å². The van der Waals surface area contributed by atoms with E-state index in [-0.39, 0.29) is 11.0 Å². The highest BCUT2D eigenvalue weighted by Gasteiger charge is 2.19. The van der Waals surface area contributed by atoms with Crippen LogP contribution in [0.1, 0.15) is 12.6 Å². The number of nitrogens with one attached hydrogen (secondary N) is 1. The Hall–Kier alpha value is -1.38. The Morgan fingerprint density at radius 2 is 2.16 bits per heavy atom. The van der Waals surface area contributed by atoms with Crippen molar-refractivity contribution >= 4 is 42.1 Å². The standard InChI is InChI=1S/C10H9ClN2O4S2/c1-5-9(18-10(12-5)13-6(2)14)7-3-4-8(17-7)19(11,15)16/h3-4H,1-2H3,(H,12,13,14). The maximum atomic E-state index is 11.1. The van der Waals surface area contributed by atoms with Gasteiger partial charge >= 0.3 is 0 Å². The minimum Gasteiger partial charge on any atom is -0.442 e. The summed E-state index contributed by atoms with van der Waals surface area (Å²) in [7, 11) is 1.29. The molecule has 1 amide bonds. The van der Waals surface area contributed by atoms with Gasteiger partial charge in [0.15, 0.2) is 5.13 Å². The van der Waals surface area contributed by atoms with Crippen molar-refractivity contribution in [2.45, 2.75) is 18.9 Å². The third kappa shape index (κ3) is 3.14. The number of anilines is 1. The van der Waals surface area contributed by atoms with Crippen molar-refractivity contribution in [3.63, 3.8) is 0 Å². The van der Waals surface area contributed by atoms with Gasteiger partial charge in [-0.1, -0.05) is 11.3 Å². The molecule has 0 aliphatic rings. The highest BCUT2D eigenvalue weighted by atomic mass is 35.7. The number of aryl methyl sites for hydroxylation is 1. The smallest absolute Gasteiger partial charge is 0.294 e. The fourth-order valence-electron chi connectivity index (χ4n) is 1.40. The molecule has 0 radical (unpaired) electrons. The van der Waals surface area contributed by atoms with Crippen LogP contribution >= 0.6 is 22.0 Å². The predicted octanol–water partition coefficient (Wildman–Crippen LogP) is 2.60. The molecule has 0 saturated carbocycles. The van der Waals surface area contributed by atoms with Gasteiger partial charge in [-0.2, -0.15) is 0 Å². The molecule has 2 aromatic rings.